The average molecular weight is 472 g/mol. The molecule has 0 radical (unpaired) electrons. The molecular formula is C27H25N3O5. The summed E-state index contributed by atoms with van der Waals surface area (Å²) < 4.78 is 10.3. The maximum Gasteiger partial charge on any atom is 0.251 e. The Labute approximate surface area is 203 Å². The summed E-state index contributed by atoms with van der Waals surface area (Å²) in [6.45, 7) is 0. The Morgan fingerprint density at radius 3 is 2.23 bits per heavy atom. The third-order valence-corrected chi connectivity index (χ3v) is 5.56. The van der Waals surface area contributed by atoms with Crippen LogP contribution in [0.2, 0.25) is 0 Å². The van der Waals surface area contributed by atoms with Gasteiger partial charge in [-0.3, -0.25) is 19.3 Å². The van der Waals surface area contributed by atoms with E-state index in [0.717, 1.165) is 5.56 Å². The van der Waals surface area contributed by atoms with Crippen LogP contribution < -0.4 is 25.0 Å². The van der Waals surface area contributed by atoms with Crippen LogP contribution in [-0.4, -0.2) is 38.0 Å². The molecule has 0 bridgehead atoms. The second-order valence-corrected chi connectivity index (χ2v) is 7.82. The fraction of sp³-hybridized carbons (Fsp3) is 0.148. The fourth-order valence-corrected chi connectivity index (χ4v) is 3.77. The third-order valence-electron chi connectivity index (χ3n) is 5.56. The molecule has 1 aliphatic rings. The van der Waals surface area contributed by atoms with E-state index in [1.54, 1.807) is 81.0 Å². The van der Waals surface area contributed by atoms with E-state index in [-0.39, 0.29) is 6.42 Å². The number of carbonyl (C=O) groups excluding carboxylic acids is 3. The van der Waals surface area contributed by atoms with Crippen LogP contribution in [0.5, 0.6) is 11.5 Å². The molecule has 3 aromatic carbocycles. The molecule has 3 aromatic rings. The number of ether oxygens (including phenoxy) is 2. The van der Waals surface area contributed by atoms with Gasteiger partial charge in [-0.05, 0) is 60.2 Å². The van der Waals surface area contributed by atoms with Gasteiger partial charge in [0.2, 0.25) is 11.8 Å². The molecule has 2 N–H and O–H groups in total. The van der Waals surface area contributed by atoms with Crippen molar-refractivity contribution >= 4 is 40.9 Å². The van der Waals surface area contributed by atoms with Gasteiger partial charge in [-0.25, -0.2) is 0 Å². The SMILES string of the molecule is COc1ccc(/C=C/C(=O)N2c3ccccc3NC(=O)C2CC(=O)Nc2ccc(OC)cc2)cc1. The lowest BCUT2D eigenvalue weighted by molar-refractivity contribution is -0.124. The first-order valence-corrected chi connectivity index (χ1v) is 11.0. The largest absolute Gasteiger partial charge is 0.497 e. The summed E-state index contributed by atoms with van der Waals surface area (Å²) >= 11 is 0. The normalized spacial score (nSPS) is 14.7. The fourth-order valence-electron chi connectivity index (χ4n) is 3.77. The number of carbonyl (C=O) groups is 3. The number of hydrogen-bond donors (Lipinski definition) is 2. The minimum Gasteiger partial charge on any atom is -0.497 e. The predicted molar refractivity (Wildman–Crippen MR) is 135 cm³/mol. The maximum absolute atomic E-state index is 13.3. The van der Waals surface area contributed by atoms with Crippen molar-refractivity contribution in [3.63, 3.8) is 0 Å². The van der Waals surface area contributed by atoms with Crippen LogP contribution in [0.1, 0.15) is 12.0 Å². The highest BCUT2D eigenvalue weighted by molar-refractivity contribution is 6.16. The Bertz CT molecular complexity index is 1250. The number of para-hydroxylation sites is 2. The van der Waals surface area contributed by atoms with Crippen molar-refractivity contribution in [2.45, 2.75) is 12.5 Å². The van der Waals surface area contributed by atoms with Crippen molar-refractivity contribution in [3.8, 4) is 11.5 Å². The highest BCUT2D eigenvalue weighted by Crippen LogP contribution is 2.33. The van der Waals surface area contributed by atoms with Gasteiger partial charge in [-0.1, -0.05) is 24.3 Å². The number of methoxy groups -OCH3 is 2. The van der Waals surface area contributed by atoms with Crippen LogP contribution in [0.4, 0.5) is 17.1 Å². The van der Waals surface area contributed by atoms with Crippen molar-refractivity contribution in [2.75, 3.05) is 29.8 Å². The van der Waals surface area contributed by atoms with Gasteiger partial charge < -0.3 is 20.1 Å². The van der Waals surface area contributed by atoms with Gasteiger partial charge in [0.15, 0.2) is 0 Å². The lowest BCUT2D eigenvalue weighted by atomic mass is 10.0. The van der Waals surface area contributed by atoms with Gasteiger partial charge >= 0.3 is 0 Å². The standard InChI is InChI=1S/C27H25N3O5/c1-34-20-12-7-18(8-13-20)9-16-26(32)30-23-6-4-3-5-22(23)29-27(33)24(30)17-25(31)28-19-10-14-21(35-2)15-11-19/h3-16,24H,17H2,1-2H3,(H,28,31)(H,29,33)/b16-9+. The van der Waals surface area contributed by atoms with Crippen LogP contribution in [0, 0.1) is 0 Å². The number of hydrogen-bond acceptors (Lipinski definition) is 5. The first kappa shape index (κ1) is 23.6. The molecule has 1 unspecified atom stereocenters. The van der Waals surface area contributed by atoms with Gasteiger partial charge in [-0.2, -0.15) is 0 Å². The number of fused-ring (bicyclic) bond motifs is 1. The van der Waals surface area contributed by atoms with Crippen molar-refractivity contribution in [1.29, 1.82) is 0 Å². The number of nitrogens with one attached hydrogen (secondary N) is 2. The topological polar surface area (TPSA) is 97.0 Å². The Kier molecular flexibility index (Phi) is 7.11. The molecule has 4 rings (SSSR count). The quantitative estimate of drug-likeness (QED) is 0.506. The summed E-state index contributed by atoms with van der Waals surface area (Å²) in [5.74, 6) is 0.126. The Morgan fingerprint density at radius 1 is 0.943 bits per heavy atom. The van der Waals surface area contributed by atoms with E-state index in [9.17, 15) is 14.4 Å². The van der Waals surface area contributed by atoms with Crippen molar-refractivity contribution in [1.82, 2.24) is 0 Å². The summed E-state index contributed by atoms with van der Waals surface area (Å²) in [6, 6.07) is 20.1. The molecule has 178 valence electrons. The van der Waals surface area contributed by atoms with Crippen LogP contribution in [0.15, 0.2) is 78.9 Å². The highest BCUT2D eigenvalue weighted by Gasteiger charge is 2.37. The van der Waals surface area contributed by atoms with Gasteiger partial charge in [0.1, 0.15) is 17.5 Å². The number of nitrogens with zero attached hydrogens (tertiary/aromatic N) is 1. The molecule has 8 nitrogen and oxygen atoms in total. The molecule has 1 heterocycles. The predicted octanol–water partition coefficient (Wildman–Crippen LogP) is 4.10. The third kappa shape index (κ3) is 5.50. The highest BCUT2D eigenvalue weighted by atomic mass is 16.5. The molecule has 0 aliphatic carbocycles. The van der Waals surface area contributed by atoms with Crippen molar-refractivity contribution in [2.24, 2.45) is 0 Å². The van der Waals surface area contributed by atoms with Crippen molar-refractivity contribution in [3.05, 3.63) is 84.4 Å². The second kappa shape index (κ2) is 10.6. The molecular weight excluding hydrogens is 446 g/mol. The van der Waals surface area contributed by atoms with E-state index in [2.05, 4.69) is 10.6 Å². The summed E-state index contributed by atoms with van der Waals surface area (Å²) in [5.41, 5.74) is 2.39. The minimum absolute atomic E-state index is 0.214. The van der Waals surface area contributed by atoms with E-state index in [1.165, 1.54) is 11.0 Å². The van der Waals surface area contributed by atoms with E-state index in [1.807, 2.05) is 12.1 Å². The van der Waals surface area contributed by atoms with E-state index < -0.39 is 23.8 Å². The van der Waals surface area contributed by atoms with Gasteiger partial charge in [0, 0.05) is 11.8 Å². The molecule has 1 atom stereocenters. The Balaban J connectivity index is 1.56. The first-order chi connectivity index (χ1) is 17.0. The Morgan fingerprint density at radius 2 is 1.57 bits per heavy atom. The molecule has 1 aliphatic heterocycles. The lowest BCUT2D eigenvalue weighted by Gasteiger charge is -2.35. The van der Waals surface area contributed by atoms with Gasteiger partial charge in [-0.15, -0.1) is 0 Å². The van der Waals surface area contributed by atoms with Crippen LogP contribution >= 0.6 is 0 Å². The zero-order valence-electron chi connectivity index (χ0n) is 19.4. The van der Waals surface area contributed by atoms with E-state index in [4.69, 9.17) is 9.47 Å². The second-order valence-electron chi connectivity index (χ2n) is 7.82. The van der Waals surface area contributed by atoms with E-state index >= 15 is 0 Å². The Hall–Kier alpha value is -4.59. The molecule has 0 spiro atoms. The summed E-state index contributed by atoms with van der Waals surface area (Å²) in [5, 5.41) is 5.57. The number of amides is 3. The molecule has 3 amide bonds. The van der Waals surface area contributed by atoms with Gasteiger partial charge in [0.25, 0.3) is 5.91 Å². The molecule has 0 aromatic heterocycles. The molecule has 0 saturated carbocycles. The summed E-state index contributed by atoms with van der Waals surface area (Å²) in [7, 11) is 3.14. The monoisotopic (exact) mass is 471 g/mol. The van der Waals surface area contributed by atoms with Crippen LogP contribution in [-0.2, 0) is 14.4 Å². The lowest BCUT2D eigenvalue weighted by Crippen LogP contribution is -2.52. The first-order valence-electron chi connectivity index (χ1n) is 11.0. The number of benzene rings is 3. The average Bonchev–Trinajstić information content (AvgIpc) is 2.88. The van der Waals surface area contributed by atoms with E-state index in [0.29, 0.717) is 28.6 Å². The summed E-state index contributed by atoms with van der Waals surface area (Å²) in [6.07, 6.45) is 2.84. The smallest absolute Gasteiger partial charge is 0.251 e. The molecule has 8 heteroatoms. The van der Waals surface area contributed by atoms with Crippen LogP contribution in [0.3, 0.4) is 0 Å². The van der Waals surface area contributed by atoms with Crippen LogP contribution in [0.25, 0.3) is 6.08 Å². The zero-order valence-corrected chi connectivity index (χ0v) is 19.4. The zero-order chi connectivity index (χ0) is 24.8. The summed E-state index contributed by atoms with van der Waals surface area (Å²) in [4.78, 5) is 40.4. The molecule has 35 heavy (non-hydrogen) atoms. The number of rotatable bonds is 7. The van der Waals surface area contributed by atoms with Gasteiger partial charge in [0.05, 0.1) is 32.0 Å². The number of anilines is 3. The molecule has 0 saturated heterocycles. The molecule has 0 fully saturated rings. The minimum atomic E-state index is -1.02. The van der Waals surface area contributed by atoms with Crippen molar-refractivity contribution < 1.29 is 23.9 Å². The maximum atomic E-state index is 13.3.